The second-order valence-corrected chi connectivity index (χ2v) is 8.29. The predicted molar refractivity (Wildman–Crippen MR) is 131 cm³/mol. The van der Waals surface area contributed by atoms with Crippen LogP contribution in [0.5, 0.6) is 0 Å². The first-order valence-electron chi connectivity index (χ1n) is 11.0. The van der Waals surface area contributed by atoms with Crippen LogP contribution in [-0.2, 0) is 4.79 Å². The highest BCUT2D eigenvalue weighted by atomic mass is 16.4. The molecule has 3 heterocycles. The van der Waals surface area contributed by atoms with Crippen LogP contribution in [0.25, 0.3) is 22.4 Å². The van der Waals surface area contributed by atoms with Gasteiger partial charge < -0.3 is 25.3 Å². The molecule has 1 aliphatic heterocycles. The normalized spacial score (nSPS) is 13.9. The average Bonchev–Trinajstić information content (AvgIpc) is 3.20. The molecule has 1 fully saturated rings. The van der Waals surface area contributed by atoms with E-state index in [0.717, 1.165) is 54.4 Å². The number of nitrogens with zero attached hydrogens (tertiary/aromatic N) is 4. The van der Waals surface area contributed by atoms with E-state index in [1.807, 2.05) is 24.0 Å². The smallest absolute Gasteiger partial charge is 0.408 e. The zero-order chi connectivity index (χ0) is 23.8. The number of oxazole rings is 1. The van der Waals surface area contributed by atoms with Crippen molar-refractivity contribution in [3.05, 3.63) is 58.6 Å². The molecule has 0 atom stereocenters. The summed E-state index contributed by atoms with van der Waals surface area (Å²) in [5.41, 5.74) is 11.5. The van der Waals surface area contributed by atoms with Gasteiger partial charge in [0, 0.05) is 55.6 Å². The fraction of sp³-hybridized carbons (Fsp3) is 0.250. The highest BCUT2D eigenvalue weighted by molar-refractivity contribution is 5.80. The minimum atomic E-state index is -0.499. The SMILES string of the molecule is CC(=O)N1CCN(c2ccc(-c3nc(N)nc(Nc4ccc5oc(=O)[nH]c5c4)c3C)cc2)CC1. The van der Waals surface area contributed by atoms with Crippen molar-refractivity contribution in [1.82, 2.24) is 19.9 Å². The maximum atomic E-state index is 11.6. The number of nitrogens with one attached hydrogen (secondary N) is 2. The van der Waals surface area contributed by atoms with Crippen LogP contribution in [0.2, 0.25) is 0 Å². The summed E-state index contributed by atoms with van der Waals surface area (Å²) >= 11 is 0. The molecule has 2 aromatic carbocycles. The highest BCUT2D eigenvalue weighted by Crippen LogP contribution is 2.30. The minimum Gasteiger partial charge on any atom is -0.408 e. The molecule has 5 rings (SSSR count). The number of rotatable bonds is 4. The van der Waals surface area contributed by atoms with Crippen LogP contribution in [-0.4, -0.2) is 51.9 Å². The van der Waals surface area contributed by atoms with Crippen LogP contribution in [0, 0.1) is 6.92 Å². The molecule has 174 valence electrons. The average molecular weight is 460 g/mol. The van der Waals surface area contributed by atoms with Gasteiger partial charge in [0.1, 0.15) is 5.82 Å². The molecule has 1 saturated heterocycles. The Balaban J connectivity index is 1.38. The van der Waals surface area contributed by atoms with E-state index in [1.165, 1.54) is 0 Å². The Kier molecular flexibility index (Phi) is 5.40. The lowest BCUT2D eigenvalue weighted by Gasteiger charge is -2.35. The van der Waals surface area contributed by atoms with Gasteiger partial charge in [0.05, 0.1) is 11.2 Å². The fourth-order valence-corrected chi connectivity index (χ4v) is 4.21. The zero-order valence-electron chi connectivity index (χ0n) is 19.0. The number of nitrogen functional groups attached to an aromatic ring is 1. The van der Waals surface area contributed by atoms with Crippen LogP contribution >= 0.6 is 0 Å². The van der Waals surface area contributed by atoms with Crippen LogP contribution < -0.4 is 21.7 Å². The number of H-pyrrole nitrogens is 1. The predicted octanol–water partition coefficient (Wildman–Crippen LogP) is 2.88. The van der Waals surface area contributed by atoms with Gasteiger partial charge in [0.25, 0.3) is 0 Å². The highest BCUT2D eigenvalue weighted by Gasteiger charge is 2.19. The summed E-state index contributed by atoms with van der Waals surface area (Å²) in [6, 6.07) is 13.5. The van der Waals surface area contributed by atoms with Crippen LogP contribution in [0.1, 0.15) is 12.5 Å². The van der Waals surface area contributed by atoms with Crippen LogP contribution in [0.4, 0.5) is 23.1 Å². The van der Waals surface area contributed by atoms with E-state index in [2.05, 4.69) is 37.3 Å². The lowest BCUT2D eigenvalue weighted by molar-refractivity contribution is -0.129. The molecule has 4 aromatic rings. The number of hydrogen-bond donors (Lipinski definition) is 3. The molecular formula is C24H25N7O3. The zero-order valence-corrected chi connectivity index (χ0v) is 19.0. The number of aromatic nitrogens is 3. The lowest BCUT2D eigenvalue weighted by atomic mass is 10.1. The number of aromatic amines is 1. The van der Waals surface area contributed by atoms with Gasteiger partial charge in [-0.05, 0) is 37.3 Å². The summed E-state index contributed by atoms with van der Waals surface area (Å²) in [5, 5.41) is 3.27. The molecule has 0 saturated carbocycles. The summed E-state index contributed by atoms with van der Waals surface area (Å²) in [6.45, 7) is 6.61. The molecule has 0 spiro atoms. The number of nitrogens with two attached hydrogens (primary N) is 1. The van der Waals surface area contributed by atoms with Gasteiger partial charge in [-0.3, -0.25) is 9.78 Å². The Hall–Kier alpha value is -4.34. The molecule has 34 heavy (non-hydrogen) atoms. The molecule has 0 radical (unpaired) electrons. The third-order valence-corrected chi connectivity index (χ3v) is 6.08. The van der Waals surface area contributed by atoms with Gasteiger partial charge in [-0.1, -0.05) is 12.1 Å². The van der Waals surface area contributed by atoms with Crippen molar-refractivity contribution in [3.8, 4) is 11.3 Å². The largest absolute Gasteiger partial charge is 0.417 e. The number of carbonyl (C=O) groups excluding carboxylic acids is 1. The van der Waals surface area contributed by atoms with E-state index >= 15 is 0 Å². The van der Waals surface area contributed by atoms with E-state index in [0.29, 0.717) is 16.9 Å². The summed E-state index contributed by atoms with van der Waals surface area (Å²) in [5.74, 6) is 0.359. The number of fused-ring (bicyclic) bond motifs is 1. The van der Waals surface area contributed by atoms with Crippen LogP contribution in [0.3, 0.4) is 0 Å². The van der Waals surface area contributed by atoms with Gasteiger partial charge >= 0.3 is 5.76 Å². The Morgan fingerprint density at radius 1 is 1.09 bits per heavy atom. The molecule has 4 N–H and O–H groups in total. The maximum absolute atomic E-state index is 11.6. The summed E-state index contributed by atoms with van der Waals surface area (Å²) < 4.78 is 5.06. The third-order valence-electron chi connectivity index (χ3n) is 6.08. The Bertz CT molecular complexity index is 1420. The van der Waals surface area contributed by atoms with Gasteiger partial charge in [0.2, 0.25) is 11.9 Å². The molecular weight excluding hydrogens is 434 g/mol. The number of amides is 1. The first-order valence-corrected chi connectivity index (χ1v) is 11.0. The Morgan fingerprint density at radius 2 is 1.82 bits per heavy atom. The molecule has 0 unspecified atom stereocenters. The Morgan fingerprint density at radius 3 is 2.53 bits per heavy atom. The number of anilines is 4. The first-order chi connectivity index (χ1) is 16.4. The maximum Gasteiger partial charge on any atom is 0.417 e. The van der Waals surface area contributed by atoms with Crippen molar-refractivity contribution in [2.45, 2.75) is 13.8 Å². The van der Waals surface area contributed by atoms with E-state index in [4.69, 9.17) is 10.2 Å². The van der Waals surface area contributed by atoms with Crippen molar-refractivity contribution in [2.75, 3.05) is 42.1 Å². The summed E-state index contributed by atoms with van der Waals surface area (Å²) in [4.78, 5) is 38.6. The topological polar surface area (TPSA) is 133 Å². The second-order valence-electron chi connectivity index (χ2n) is 8.29. The van der Waals surface area contributed by atoms with E-state index in [9.17, 15) is 9.59 Å². The molecule has 10 heteroatoms. The fourth-order valence-electron chi connectivity index (χ4n) is 4.21. The molecule has 10 nitrogen and oxygen atoms in total. The van der Waals surface area contributed by atoms with Crippen molar-refractivity contribution < 1.29 is 9.21 Å². The minimum absolute atomic E-state index is 0.120. The van der Waals surface area contributed by atoms with Gasteiger partial charge in [-0.15, -0.1) is 0 Å². The molecule has 1 aliphatic rings. The van der Waals surface area contributed by atoms with E-state index < -0.39 is 5.76 Å². The first kappa shape index (κ1) is 21.5. The molecule has 1 amide bonds. The number of carbonyl (C=O) groups is 1. The van der Waals surface area contributed by atoms with E-state index in [-0.39, 0.29) is 11.9 Å². The van der Waals surface area contributed by atoms with Gasteiger partial charge in [-0.25, -0.2) is 9.78 Å². The van der Waals surface area contributed by atoms with Crippen molar-refractivity contribution in [1.29, 1.82) is 0 Å². The van der Waals surface area contributed by atoms with Gasteiger partial charge in [0.15, 0.2) is 5.58 Å². The van der Waals surface area contributed by atoms with Crippen molar-refractivity contribution >= 4 is 40.1 Å². The standard InChI is InChI=1S/C24H25N7O3/c1-14-21(16-3-6-18(7-4-16)31-11-9-30(10-12-31)15(2)32)28-23(25)29-22(14)26-17-5-8-20-19(13-17)27-24(33)34-20/h3-8,13H,9-12H2,1-2H3,(H,27,33)(H3,25,26,28,29). The van der Waals surface area contributed by atoms with Gasteiger partial charge in [-0.2, -0.15) is 4.98 Å². The summed E-state index contributed by atoms with van der Waals surface area (Å²) in [6.07, 6.45) is 0. The summed E-state index contributed by atoms with van der Waals surface area (Å²) in [7, 11) is 0. The number of hydrogen-bond acceptors (Lipinski definition) is 8. The monoisotopic (exact) mass is 459 g/mol. The Labute approximate surface area is 195 Å². The number of piperazine rings is 1. The molecule has 0 aliphatic carbocycles. The van der Waals surface area contributed by atoms with Crippen molar-refractivity contribution in [2.24, 2.45) is 0 Å². The number of benzene rings is 2. The van der Waals surface area contributed by atoms with Crippen LogP contribution in [0.15, 0.2) is 51.7 Å². The third kappa shape index (κ3) is 4.17. The van der Waals surface area contributed by atoms with E-state index in [1.54, 1.807) is 25.1 Å². The molecule has 2 aromatic heterocycles. The lowest BCUT2D eigenvalue weighted by Crippen LogP contribution is -2.48. The molecule has 0 bridgehead atoms. The quantitative estimate of drug-likeness (QED) is 0.424. The second kappa shape index (κ2) is 8.54. The van der Waals surface area contributed by atoms with Crippen molar-refractivity contribution in [3.63, 3.8) is 0 Å².